The highest BCUT2D eigenvalue weighted by molar-refractivity contribution is 5.89. The number of carbonyl (C=O) groups is 1. The maximum absolute atomic E-state index is 11.1. The Kier molecular flexibility index (Phi) is 3.78. The molecule has 0 aliphatic heterocycles. The summed E-state index contributed by atoms with van der Waals surface area (Å²) in [5, 5.41) is 9.12. The van der Waals surface area contributed by atoms with Gasteiger partial charge in [-0.05, 0) is 42.5 Å². The van der Waals surface area contributed by atoms with Crippen LogP contribution in [0.25, 0.3) is 0 Å². The summed E-state index contributed by atoms with van der Waals surface area (Å²) in [6.45, 7) is 2.08. The van der Waals surface area contributed by atoms with Gasteiger partial charge in [-0.15, -0.1) is 0 Å². The van der Waals surface area contributed by atoms with E-state index in [4.69, 9.17) is 5.11 Å². The third kappa shape index (κ3) is 2.77. The fourth-order valence-electron chi connectivity index (χ4n) is 2.11. The second kappa shape index (κ2) is 5.50. The van der Waals surface area contributed by atoms with E-state index in [0.717, 1.165) is 18.4 Å². The standard InChI is InChI=1S/C16H16O2/c1-12-6-2-3-7-13(12)10-11-14-8-4-5-9-15(14)16(17)18/h2-9H,10-11H2,1H3,(H,17,18). The fourth-order valence-corrected chi connectivity index (χ4v) is 2.11. The van der Waals surface area contributed by atoms with Crippen molar-refractivity contribution in [3.8, 4) is 0 Å². The SMILES string of the molecule is Cc1ccccc1CCc1ccccc1C(=O)O. The van der Waals surface area contributed by atoms with Gasteiger partial charge in [0.15, 0.2) is 0 Å². The van der Waals surface area contributed by atoms with E-state index in [9.17, 15) is 4.79 Å². The van der Waals surface area contributed by atoms with E-state index < -0.39 is 5.97 Å². The Morgan fingerprint density at radius 3 is 2.17 bits per heavy atom. The molecule has 0 fully saturated rings. The minimum Gasteiger partial charge on any atom is -0.478 e. The summed E-state index contributed by atoms with van der Waals surface area (Å²) >= 11 is 0. The number of benzene rings is 2. The maximum Gasteiger partial charge on any atom is 0.335 e. The maximum atomic E-state index is 11.1. The summed E-state index contributed by atoms with van der Waals surface area (Å²) < 4.78 is 0. The van der Waals surface area contributed by atoms with Gasteiger partial charge in [-0.1, -0.05) is 42.5 Å². The second-order valence-corrected chi connectivity index (χ2v) is 4.39. The zero-order chi connectivity index (χ0) is 13.0. The van der Waals surface area contributed by atoms with Crippen LogP contribution in [0.1, 0.15) is 27.0 Å². The molecule has 0 spiro atoms. The Morgan fingerprint density at radius 2 is 1.50 bits per heavy atom. The molecule has 2 rings (SSSR count). The third-order valence-corrected chi connectivity index (χ3v) is 3.17. The van der Waals surface area contributed by atoms with Crippen molar-refractivity contribution < 1.29 is 9.90 Å². The van der Waals surface area contributed by atoms with E-state index in [-0.39, 0.29) is 0 Å². The number of hydrogen-bond acceptors (Lipinski definition) is 1. The van der Waals surface area contributed by atoms with E-state index in [1.54, 1.807) is 12.1 Å². The first-order valence-electron chi connectivity index (χ1n) is 6.04. The monoisotopic (exact) mass is 240 g/mol. The zero-order valence-electron chi connectivity index (χ0n) is 10.4. The van der Waals surface area contributed by atoms with Crippen molar-refractivity contribution in [3.05, 3.63) is 70.8 Å². The number of rotatable bonds is 4. The van der Waals surface area contributed by atoms with Crippen molar-refractivity contribution in [2.75, 3.05) is 0 Å². The second-order valence-electron chi connectivity index (χ2n) is 4.39. The van der Waals surface area contributed by atoms with Gasteiger partial charge in [-0.25, -0.2) is 4.79 Å². The highest BCUT2D eigenvalue weighted by atomic mass is 16.4. The molecule has 1 N–H and O–H groups in total. The Hall–Kier alpha value is -2.09. The molecule has 2 nitrogen and oxygen atoms in total. The molecule has 2 aromatic rings. The minimum atomic E-state index is -0.851. The van der Waals surface area contributed by atoms with Gasteiger partial charge >= 0.3 is 5.97 Å². The largest absolute Gasteiger partial charge is 0.478 e. The molecule has 2 aromatic carbocycles. The lowest BCUT2D eigenvalue weighted by atomic mass is 9.98. The average molecular weight is 240 g/mol. The lowest BCUT2D eigenvalue weighted by Crippen LogP contribution is -2.03. The number of carboxylic acid groups (broad SMARTS) is 1. The zero-order valence-corrected chi connectivity index (χ0v) is 10.4. The van der Waals surface area contributed by atoms with Crippen molar-refractivity contribution in [1.82, 2.24) is 0 Å². The topological polar surface area (TPSA) is 37.3 Å². The van der Waals surface area contributed by atoms with E-state index in [0.29, 0.717) is 5.56 Å². The molecule has 2 heteroatoms. The Morgan fingerprint density at radius 1 is 0.944 bits per heavy atom. The highest BCUT2D eigenvalue weighted by Gasteiger charge is 2.09. The van der Waals surface area contributed by atoms with Crippen LogP contribution in [-0.4, -0.2) is 11.1 Å². The van der Waals surface area contributed by atoms with E-state index in [1.807, 2.05) is 24.3 Å². The molecule has 18 heavy (non-hydrogen) atoms. The van der Waals surface area contributed by atoms with Crippen LogP contribution in [0.5, 0.6) is 0 Å². The first-order chi connectivity index (χ1) is 8.68. The predicted octanol–water partition coefficient (Wildman–Crippen LogP) is 3.48. The smallest absolute Gasteiger partial charge is 0.335 e. The summed E-state index contributed by atoms with van der Waals surface area (Å²) in [6.07, 6.45) is 1.63. The highest BCUT2D eigenvalue weighted by Crippen LogP contribution is 2.14. The summed E-state index contributed by atoms with van der Waals surface area (Å²) in [5.41, 5.74) is 3.84. The van der Waals surface area contributed by atoms with Crippen molar-refractivity contribution >= 4 is 5.97 Å². The molecule has 0 unspecified atom stereocenters. The summed E-state index contributed by atoms with van der Waals surface area (Å²) in [7, 11) is 0. The minimum absolute atomic E-state index is 0.408. The van der Waals surface area contributed by atoms with Gasteiger partial charge in [0.2, 0.25) is 0 Å². The van der Waals surface area contributed by atoms with Gasteiger partial charge < -0.3 is 5.11 Å². The summed E-state index contributed by atoms with van der Waals surface area (Å²) in [5.74, 6) is -0.851. The fraction of sp³-hybridized carbons (Fsp3) is 0.188. The van der Waals surface area contributed by atoms with Crippen LogP contribution in [0.15, 0.2) is 48.5 Å². The molecular formula is C16H16O2. The first-order valence-corrected chi connectivity index (χ1v) is 6.04. The molecule has 0 amide bonds. The van der Waals surface area contributed by atoms with Crippen LogP contribution in [0.4, 0.5) is 0 Å². The Bertz CT molecular complexity index is 559. The molecule has 0 saturated heterocycles. The van der Waals surface area contributed by atoms with Gasteiger partial charge in [0.05, 0.1) is 5.56 Å². The van der Waals surface area contributed by atoms with E-state index >= 15 is 0 Å². The van der Waals surface area contributed by atoms with Crippen LogP contribution in [0.2, 0.25) is 0 Å². The molecule has 0 aromatic heterocycles. The number of aromatic carboxylic acids is 1. The van der Waals surface area contributed by atoms with Gasteiger partial charge in [0.1, 0.15) is 0 Å². The van der Waals surface area contributed by atoms with Crippen LogP contribution < -0.4 is 0 Å². The number of hydrogen-bond donors (Lipinski definition) is 1. The number of carboxylic acids is 1. The van der Waals surface area contributed by atoms with E-state index in [1.165, 1.54) is 11.1 Å². The summed E-state index contributed by atoms with van der Waals surface area (Å²) in [4.78, 5) is 11.1. The molecule has 0 bridgehead atoms. The molecule has 0 atom stereocenters. The normalized spacial score (nSPS) is 10.3. The van der Waals surface area contributed by atoms with E-state index in [2.05, 4.69) is 19.1 Å². The van der Waals surface area contributed by atoms with Gasteiger partial charge in [-0.3, -0.25) is 0 Å². The summed E-state index contributed by atoms with van der Waals surface area (Å²) in [6, 6.07) is 15.4. The third-order valence-electron chi connectivity index (χ3n) is 3.17. The molecule has 0 aliphatic rings. The molecular weight excluding hydrogens is 224 g/mol. The molecule has 0 aliphatic carbocycles. The average Bonchev–Trinajstić information content (AvgIpc) is 2.38. The van der Waals surface area contributed by atoms with Crippen LogP contribution in [0, 0.1) is 6.92 Å². The molecule has 0 radical (unpaired) electrons. The lowest BCUT2D eigenvalue weighted by Gasteiger charge is -2.08. The molecule has 92 valence electrons. The first kappa shape index (κ1) is 12.4. The molecule has 0 saturated carbocycles. The quantitative estimate of drug-likeness (QED) is 0.888. The lowest BCUT2D eigenvalue weighted by molar-refractivity contribution is 0.0695. The van der Waals surface area contributed by atoms with Gasteiger partial charge in [0, 0.05) is 0 Å². The van der Waals surface area contributed by atoms with Gasteiger partial charge in [0.25, 0.3) is 0 Å². The van der Waals surface area contributed by atoms with Crippen LogP contribution in [0.3, 0.4) is 0 Å². The van der Waals surface area contributed by atoms with Crippen LogP contribution >= 0.6 is 0 Å². The number of aryl methyl sites for hydroxylation is 3. The van der Waals surface area contributed by atoms with Crippen molar-refractivity contribution in [2.45, 2.75) is 19.8 Å². The predicted molar refractivity (Wildman–Crippen MR) is 72.0 cm³/mol. The van der Waals surface area contributed by atoms with Crippen molar-refractivity contribution in [1.29, 1.82) is 0 Å². The molecule has 0 heterocycles. The Labute approximate surface area is 107 Å². The Balaban J connectivity index is 2.16. The van der Waals surface area contributed by atoms with Crippen LogP contribution in [-0.2, 0) is 12.8 Å². The van der Waals surface area contributed by atoms with Gasteiger partial charge in [-0.2, -0.15) is 0 Å². The van der Waals surface area contributed by atoms with Crippen molar-refractivity contribution in [3.63, 3.8) is 0 Å². The van der Waals surface area contributed by atoms with Crippen molar-refractivity contribution in [2.24, 2.45) is 0 Å².